The van der Waals surface area contributed by atoms with Crippen LogP contribution in [0, 0.1) is 5.41 Å². The summed E-state index contributed by atoms with van der Waals surface area (Å²) in [5.41, 5.74) is 0.0207. The molecule has 1 N–H and O–H groups in total. The topological polar surface area (TPSA) is 62.3 Å². The van der Waals surface area contributed by atoms with Gasteiger partial charge in [-0.2, -0.15) is 4.31 Å². The van der Waals surface area contributed by atoms with Gasteiger partial charge in [0.1, 0.15) is 10.7 Å². The summed E-state index contributed by atoms with van der Waals surface area (Å²) in [5.74, 6) is 0.527. The molecule has 2 heterocycles. The Morgan fingerprint density at radius 3 is 2.71 bits per heavy atom. The van der Waals surface area contributed by atoms with Crippen LogP contribution in [0.5, 0.6) is 0 Å². The summed E-state index contributed by atoms with van der Waals surface area (Å²) in [7, 11) is -3.51. The zero-order valence-electron chi connectivity index (χ0n) is 12.7. The molecule has 1 aliphatic heterocycles. The average Bonchev–Trinajstić information content (AvgIpc) is 2.78. The van der Waals surface area contributed by atoms with Crippen LogP contribution in [0.25, 0.3) is 0 Å². The number of hydrogen-bond donors (Lipinski definition) is 1. The fourth-order valence-electron chi connectivity index (χ4n) is 2.35. The van der Waals surface area contributed by atoms with Gasteiger partial charge in [-0.1, -0.05) is 32.4 Å². The predicted molar refractivity (Wildman–Crippen MR) is 85.2 cm³/mol. The second-order valence-electron chi connectivity index (χ2n) is 6.18. The van der Waals surface area contributed by atoms with Gasteiger partial charge in [0.25, 0.3) is 0 Å². The summed E-state index contributed by atoms with van der Waals surface area (Å²) in [4.78, 5) is 4.30. The molecule has 0 spiro atoms. The molecule has 0 atom stereocenters. The summed E-state index contributed by atoms with van der Waals surface area (Å²) < 4.78 is 26.7. The molecular weight excluding hydrogens is 310 g/mol. The SMILES string of the molecule is CCCNc1ncc(S(=O)(=O)N2CCC(C)(C)C2)cc1Cl. The molecule has 0 bridgehead atoms. The summed E-state index contributed by atoms with van der Waals surface area (Å²) in [6.45, 7) is 8.01. The highest BCUT2D eigenvalue weighted by Crippen LogP contribution is 2.33. The number of hydrogen-bond acceptors (Lipinski definition) is 4. The van der Waals surface area contributed by atoms with Gasteiger partial charge in [0.15, 0.2) is 0 Å². The number of aromatic nitrogens is 1. The van der Waals surface area contributed by atoms with Crippen LogP contribution in [0.3, 0.4) is 0 Å². The maximum Gasteiger partial charge on any atom is 0.244 e. The van der Waals surface area contributed by atoms with Crippen molar-refractivity contribution >= 4 is 27.4 Å². The van der Waals surface area contributed by atoms with Crippen LogP contribution in [0.15, 0.2) is 17.2 Å². The minimum absolute atomic E-state index is 0.0207. The standard InChI is InChI=1S/C14H22ClN3O2S/c1-4-6-16-13-12(15)8-11(9-17-13)21(19,20)18-7-5-14(2,3)10-18/h8-9H,4-7,10H2,1-3H3,(H,16,17). The van der Waals surface area contributed by atoms with Crippen LogP contribution in [0.4, 0.5) is 5.82 Å². The number of sulfonamides is 1. The van der Waals surface area contributed by atoms with E-state index >= 15 is 0 Å². The third kappa shape index (κ3) is 3.67. The van der Waals surface area contributed by atoms with Crippen LogP contribution < -0.4 is 5.32 Å². The van der Waals surface area contributed by atoms with Gasteiger partial charge >= 0.3 is 0 Å². The Labute approximate surface area is 131 Å². The van der Waals surface area contributed by atoms with Gasteiger partial charge in [0, 0.05) is 25.8 Å². The second kappa shape index (κ2) is 6.10. The highest BCUT2D eigenvalue weighted by molar-refractivity contribution is 7.89. The largest absolute Gasteiger partial charge is 0.369 e. The van der Waals surface area contributed by atoms with Crippen LogP contribution in [0.1, 0.15) is 33.6 Å². The molecule has 0 radical (unpaired) electrons. The van der Waals surface area contributed by atoms with Crippen LogP contribution in [-0.2, 0) is 10.0 Å². The summed E-state index contributed by atoms with van der Waals surface area (Å²) in [6.07, 6.45) is 3.19. The third-order valence-electron chi connectivity index (χ3n) is 3.64. The Morgan fingerprint density at radius 1 is 1.48 bits per heavy atom. The third-order valence-corrected chi connectivity index (χ3v) is 5.74. The first-order valence-electron chi connectivity index (χ1n) is 7.16. The number of rotatable bonds is 5. The average molecular weight is 332 g/mol. The minimum Gasteiger partial charge on any atom is -0.369 e. The highest BCUT2D eigenvalue weighted by Gasteiger charge is 2.37. The Hall–Kier alpha value is -0.850. The molecule has 1 aromatic rings. The zero-order valence-corrected chi connectivity index (χ0v) is 14.3. The lowest BCUT2D eigenvalue weighted by atomic mass is 9.93. The van der Waals surface area contributed by atoms with Crippen molar-refractivity contribution in [3.8, 4) is 0 Å². The van der Waals surface area contributed by atoms with Crippen molar-refractivity contribution in [2.45, 2.75) is 38.5 Å². The van der Waals surface area contributed by atoms with Crippen molar-refractivity contribution in [3.63, 3.8) is 0 Å². The maximum atomic E-state index is 12.6. The quantitative estimate of drug-likeness (QED) is 0.901. The zero-order chi connectivity index (χ0) is 15.7. The molecule has 0 amide bonds. The number of halogens is 1. The van der Waals surface area contributed by atoms with E-state index in [2.05, 4.69) is 24.1 Å². The molecule has 0 saturated carbocycles. The normalized spacial score (nSPS) is 18.9. The van der Waals surface area contributed by atoms with E-state index in [0.29, 0.717) is 23.9 Å². The second-order valence-corrected chi connectivity index (χ2v) is 8.53. The van der Waals surface area contributed by atoms with E-state index in [4.69, 9.17) is 11.6 Å². The van der Waals surface area contributed by atoms with Gasteiger partial charge < -0.3 is 5.32 Å². The summed E-state index contributed by atoms with van der Waals surface area (Å²) >= 11 is 6.13. The Morgan fingerprint density at radius 2 is 2.19 bits per heavy atom. The summed E-state index contributed by atoms with van der Waals surface area (Å²) in [6, 6.07) is 1.48. The lowest BCUT2D eigenvalue weighted by molar-refractivity contribution is 0.375. The first-order chi connectivity index (χ1) is 9.76. The van der Waals surface area contributed by atoms with Crippen LogP contribution in [0.2, 0.25) is 5.02 Å². The van der Waals surface area contributed by atoms with E-state index < -0.39 is 10.0 Å². The molecule has 1 saturated heterocycles. The van der Waals surface area contributed by atoms with Crippen molar-refractivity contribution < 1.29 is 8.42 Å². The van der Waals surface area contributed by atoms with Crippen molar-refractivity contribution in [1.29, 1.82) is 0 Å². The molecule has 1 aromatic heterocycles. The van der Waals surface area contributed by atoms with Gasteiger partial charge in [0.2, 0.25) is 10.0 Å². The van der Waals surface area contributed by atoms with E-state index in [1.54, 1.807) is 0 Å². The molecule has 118 valence electrons. The summed E-state index contributed by atoms with van der Waals surface area (Å²) in [5, 5.41) is 3.41. The first-order valence-corrected chi connectivity index (χ1v) is 8.98. The van der Waals surface area contributed by atoms with Gasteiger partial charge in [-0.25, -0.2) is 13.4 Å². The van der Waals surface area contributed by atoms with E-state index in [9.17, 15) is 8.42 Å². The molecule has 0 unspecified atom stereocenters. The highest BCUT2D eigenvalue weighted by atomic mass is 35.5. The molecule has 1 aliphatic rings. The van der Waals surface area contributed by atoms with Crippen LogP contribution in [-0.4, -0.2) is 37.3 Å². The number of anilines is 1. The Bertz CT molecular complexity index is 617. The minimum atomic E-state index is -3.51. The van der Waals surface area contributed by atoms with E-state index in [-0.39, 0.29) is 10.3 Å². The smallest absolute Gasteiger partial charge is 0.244 e. The fraction of sp³-hybridized carbons (Fsp3) is 0.643. The predicted octanol–water partition coefficient (Wildman–Crippen LogP) is 2.98. The monoisotopic (exact) mass is 331 g/mol. The molecular formula is C14H22ClN3O2S. The lowest BCUT2D eigenvalue weighted by Crippen LogP contribution is -2.30. The molecule has 0 aliphatic carbocycles. The molecule has 2 rings (SSSR count). The first kappa shape index (κ1) is 16.5. The Balaban J connectivity index is 2.23. The van der Waals surface area contributed by atoms with Crippen molar-refractivity contribution in [2.24, 2.45) is 5.41 Å². The number of nitrogens with one attached hydrogen (secondary N) is 1. The fourth-order valence-corrected chi connectivity index (χ4v) is 4.25. The molecule has 7 heteroatoms. The lowest BCUT2D eigenvalue weighted by Gasteiger charge is -2.20. The van der Waals surface area contributed by atoms with Crippen molar-refractivity contribution in [2.75, 3.05) is 25.0 Å². The van der Waals surface area contributed by atoms with Gasteiger partial charge in [-0.3, -0.25) is 0 Å². The number of pyridine rings is 1. The van der Waals surface area contributed by atoms with E-state index in [1.165, 1.54) is 16.6 Å². The molecule has 0 aromatic carbocycles. The number of nitrogens with zero attached hydrogens (tertiary/aromatic N) is 2. The molecule has 5 nitrogen and oxygen atoms in total. The molecule has 1 fully saturated rings. The van der Waals surface area contributed by atoms with Crippen LogP contribution >= 0.6 is 11.6 Å². The van der Waals surface area contributed by atoms with Crippen molar-refractivity contribution in [3.05, 3.63) is 17.3 Å². The van der Waals surface area contributed by atoms with Gasteiger partial charge in [-0.05, 0) is 24.3 Å². The maximum absolute atomic E-state index is 12.6. The Kier molecular flexibility index (Phi) is 4.80. The van der Waals surface area contributed by atoms with Gasteiger partial charge in [-0.15, -0.1) is 0 Å². The van der Waals surface area contributed by atoms with E-state index in [0.717, 1.165) is 19.4 Å². The van der Waals surface area contributed by atoms with Gasteiger partial charge in [0.05, 0.1) is 5.02 Å². The van der Waals surface area contributed by atoms with Crippen molar-refractivity contribution in [1.82, 2.24) is 9.29 Å². The molecule has 21 heavy (non-hydrogen) atoms. The van der Waals surface area contributed by atoms with E-state index in [1.807, 2.05) is 6.92 Å².